The molecule has 1 atom stereocenters. The number of hydrogen-bond acceptors (Lipinski definition) is 8. The van der Waals surface area contributed by atoms with E-state index < -0.39 is 5.60 Å². The van der Waals surface area contributed by atoms with Crippen molar-refractivity contribution in [2.24, 2.45) is 0 Å². The zero-order valence-corrected chi connectivity index (χ0v) is 18.1. The number of thiazole rings is 1. The second kappa shape index (κ2) is 7.17. The maximum Gasteiger partial charge on any atom is 0.268 e. The molecular formula is C21H24N6O2S. The Morgan fingerprint density at radius 1 is 1.20 bits per heavy atom. The number of anilines is 2. The molecule has 1 aromatic carbocycles. The molecule has 0 radical (unpaired) electrons. The highest BCUT2D eigenvalue weighted by Crippen LogP contribution is 2.33. The minimum absolute atomic E-state index is 0.190. The standard InChI is InChI=1S/C21H24N6O2S/c1-13(14-4-5-17-15(10-14)23-12-30-17)26-6-8-27(9-7-26)20-22-11-16-18(25-20)29-21(2,3)19(28)24-16/h4-5,10-13H,6-9H2,1-3H3,(H,24,28). The molecule has 8 nitrogen and oxygen atoms in total. The van der Waals surface area contributed by atoms with Gasteiger partial charge in [0.05, 0.1) is 21.9 Å². The van der Waals surface area contributed by atoms with Gasteiger partial charge >= 0.3 is 0 Å². The fourth-order valence-electron chi connectivity index (χ4n) is 3.89. The Kier molecular flexibility index (Phi) is 4.59. The minimum Gasteiger partial charge on any atom is -0.460 e. The van der Waals surface area contributed by atoms with E-state index in [-0.39, 0.29) is 5.91 Å². The Balaban J connectivity index is 1.27. The molecule has 3 aromatic rings. The topological polar surface area (TPSA) is 83.5 Å². The molecule has 30 heavy (non-hydrogen) atoms. The summed E-state index contributed by atoms with van der Waals surface area (Å²) in [7, 11) is 0. The number of nitrogens with zero attached hydrogens (tertiary/aromatic N) is 5. The zero-order valence-electron chi connectivity index (χ0n) is 17.3. The third-order valence-electron chi connectivity index (χ3n) is 5.87. The van der Waals surface area contributed by atoms with Crippen molar-refractivity contribution >= 4 is 39.1 Å². The summed E-state index contributed by atoms with van der Waals surface area (Å²) in [4.78, 5) is 30.1. The molecule has 1 N–H and O–H groups in total. The Morgan fingerprint density at radius 2 is 2.00 bits per heavy atom. The van der Waals surface area contributed by atoms with Crippen LogP contribution in [0.4, 0.5) is 11.6 Å². The van der Waals surface area contributed by atoms with E-state index in [4.69, 9.17) is 4.74 Å². The van der Waals surface area contributed by atoms with Gasteiger partial charge in [0.25, 0.3) is 5.91 Å². The lowest BCUT2D eigenvalue weighted by molar-refractivity contribution is -0.129. The predicted molar refractivity (Wildman–Crippen MR) is 117 cm³/mol. The molecule has 1 amide bonds. The number of hydrogen-bond donors (Lipinski definition) is 1. The predicted octanol–water partition coefficient (Wildman–Crippen LogP) is 3.08. The first-order valence-corrected chi connectivity index (χ1v) is 11.0. The highest BCUT2D eigenvalue weighted by molar-refractivity contribution is 7.16. The monoisotopic (exact) mass is 424 g/mol. The van der Waals surface area contributed by atoms with Crippen LogP contribution in [-0.4, -0.2) is 57.5 Å². The van der Waals surface area contributed by atoms with Crippen LogP contribution >= 0.6 is 11.3 Å². The minimum atomic E-state index is -0.939. The first kappa shape index (κ1) is 19.2. The highest BCUT2D eigenvalue weighted by Gasteiger charge is 2.37. The maximum atomic E-state index is 12.0. The van der Waals surface area contributed by atoms with Crippen molar-refractivity contribution in [1.82, 2.24) is 19.9 Å². The number of benzene rings is 1. The van der Waals surface area contributed by atoms with E-state index in [1.807, 2.05) is 5.51 Å². The number of rotatable bonds is 3. The Bertz CT molecular complexity index is 1110. The van der Waals surface area contributed by atoms with Gasteiger partial charge in [0.1, 0.15) is 5.69 Å². The van der Waals surface area contributed by atoms with Gasteiger partial charge in [-0.15, -0.1) is 11.3 Å². The quantitative estimate of drug-likeness (QED) is 0.692. The molecule has 4 heterocycles. The molecule has 1 unspecified atom stereocenters. The highest BCUT2D eigenvalue weighted by atomic mass is 32.1. The number of nitrogens with one attached hydrogen (secondary N) is 1. The average molecular weight is 425 g/mol. The summed E-state index contributed by atoms with van der Waals surface area (Å²) in [6.07, 6.45) is 1.63. The lowest BCUT2D eigenvalue weighted by Crippen LogP contribution is -2.48. The van der Waals surface area contributed by atoms with E-state index >= 15 is 0 Å². The second-order valence-corrected chi connectivity index (χ2v) is 9.12. The van der Waals surface area contributed by atoms with Gasteiger partial charge in [-0.25, -0.2) is 9.97 Å². The van der Waals surface area contributed by atoms with E-state index in [1.165, 1.54) is 10.3 Å². The smallest absolute Gasteiger partial charge is 0.268 e. The Hall–Kier alpha value is -2.78. The first-order valence-electron chi connectivity index (χ1n) is 10.1. The molecule has 2 aliphatic heterocycles. The fraction of sp³-hybridized carbons (Fsp3) is 0.429. The van der Waals surface area contributed by atoms with E-state index in [2.05, 4.69) is 55.2 Å². The largest absolute Gasteiger partial charge is 0.460 e. The third kappa shape index (κ3) is 3.37. The summed E-state index contributed by atoms with van der Waals surface area (Å²) in [6.45, 7) is 9.21. The molecule has 0 bridgehead atoms. The molecule has 0 spiro atoms. The molecule has 9 heteroatoms. The molecule has 0 aliphatic carbocycles. The SMILES string of the molecule is CC(c1ccc2scnc2c1)N1CCN(c2ncc3c(n2)OC(C)(C)C(=O)N3)CC1. The van der Waals surface area contributed by atoms with Gasteiger partial charge in [0, 0.05) is 32.2 Å². The van der Waals surface area contributed by atoms with Crippen LogP contribution < -0.4 is 15.0 Å². The molecule has 2 aromatic heterocycles. The number of carbonyl (C=O) groups excluding carboxylic acids is 1. The second-order valence-electron chi connectivity index (χ2n) is 8.23. The molecular weight excluding hydrogens is 400 g/mol. The van der Waals surface area contributed by atoms with Crippen LogP contribution in [-0.2, 0) is 4.79 Å². The normalized spacial score (nSPS) is 19.8. The fourth-order valence-corrected chi connectivity index (χ4v) is 4.55. The van der Waals surface area contributed by atoms with Gasteiger partial charge < -0.3 is 15.0 Å². The van der Waals surface area contributed by atoms with Crippen LogP contribution in [0.3, 0.4) is 0 Å². The Morgan fingerprint density at radius 3 is 2.80 bits per heavy atom. The average Bonchev–Trinajstić information content (AvgIpc) is 3.21. The van der Waals surface area contributed by atoms with Gasteiger partial charge in [-0.3, -0.25) is 9.69 Å². The van der Waals surface area contributed by atoms with Gasteiger partial charge in [-0.2, -0.15) is 4.98 Å². The zero-order chi connectivity index (χ0) is 20.9. The van der Waals surface area contributed by atoms with Crippen LogP contribution in [0.5, 0.6) is 5.88 Å². The van der Waals surface area contributed by atoms with Gasteiger partial charge in [0.2, 0.25) is 11.8 Å². The van der Waals surface area contributed by atoms with Crippen molar-refractivity contribution < 1.29 is 9.53 Å². The van der Waals surface area contributed by atoms with Gasteiger partial charge in [-0.1, -0.05) is 6.07 Å². The lowest BCUT2D eigenvalue weighted by Gasteiger charge is -2.38. The van der Waals surface area contributed by atoms with Crippen LogP contribution in [0, 0.1) is 0 Å². The van der Waals surface area contributed by atoms with Gasteiger partial charge in [-0.05, 0) is 38.5 Å². The van der Waals surface area contributed by atoms with Crippen molar-refractivity contribution in [3.05, 3.63) is 35.5 Å². The van der Waals surface area contributed by atoms with E-state index in [9.17, 15) is 4.79 Å². The maximum absolute atomic E-state index is 12.0. The number of aromatic nitrogens is 3. The summed E-state index contributed by atoms with van der Waals surface area (Å²) in [5, 5.41) is 2.81. The molecule has 5 rings (SSSR count). The Labute approximate surface area is 178 Å². The third-order valence-corrected chi connectivity index (χ3v) is 6.68. The summed E-state index contributed by atoms with van der Waals surface area (Å²) in [6, 6.07) is 6.89. The molecule has 1 fully saturated rings. The molecule has 1 saturated heterocycles. The number of ether oxygens (including phenoxy) is 1. The number of amides is 1. The van der Waals surface area contributed by atoms with Crippen molar-refractivity contribution in [2.45, 2.75) is 32.4 Å². The van der Waals surface area contributed by atoms with E-state index in [0.29, 0.717) is 23.6 Å². The number of fused-ring (bicyclic) bond motifs is 2. The van der Waals surface area contributed by atoms with Crippen LogP contribution in [0.25, 0.3) is 10.2 Å². The van der Waals surface area contributed by atoms with Crippen LogP contribution in [0.1, 0.15) is 32.4 Å². The number of carbonyl (C=O) groups is 1. The summed E-state index contributed by atoms with van der Waals surface area (Å²) in [5.41, 5.74) is 3.84. The molecule has 2 aliphatic rings. The van der Waals surface area contributed by atoms with Crippen molar-refractivity contribution in [3.8, 4) is 5.88 Å². The van der Waals surface area contributed by atoms with Crippen molar-refractivity contribution in [2.75, 3.05) is 36.4 Å². The molecule has 156 valence electrons. The van der Waals surface area contributed by atoms with Gasteiger partial charge in [0.15, 0.2) is 5.60 Å². The lowest BCUT2D eigenvalue weighted by atomic mass is 10.1. The first-order chi connectivity index (χ1) is 14.4. The van der Waals surface area contributed by atoms with Crippen molar-refractivity contribution in [1.29, 1.82) is 0 Å². The van der Waals surface area contributed by atoms with E-state index in [1.54, 1.807) is 31.4 Å². The van der Waals surface area contributed by atoms with Crippen LogP contribution in [0.15, 0.2) is 29.9 Å². The number of piperazine rings is 1. The molecule has 0 saturated carbocycles. The van der Waals surface area contributed by atoms with E-state index in [0.717, 1.165) is 31.7 Å². The summed E-state index contributed by atoms with van der Waals surface area (Å²) >= 11 is 1.67. The van der Waals surface area contributed by atoms with Crippen LogP contribution in [0.2, 0.25) is 0 Å². The summed E-state index contributed by atoms with van der Waals surface area (Å²) in [5.74, 6) is 0.874. The summed E-state index contributed by atoms with van der Waals surface area (Å²) < 4.78 is 7.03. The van der Waals surface area contributed by atoms with Crippen molar-refractivity contribution in [3.63, 3.8) is 0 Å².